The molecule has 16 heavy (non-hydrogen) atoms. The Morgan fingerprint density at radius 2 is 2.31 bits per heavy atom. The molecule has 0 aliphatic heterocycles. The Morgan fingerprint density at radius 3 is 2.75 bits per heavy atom. The van der Waals surface area contributed by atoms with Crippen LogP contribution < -0.4 is 11.5 Å². The average molecular weight is 255 g/mol. The maximum Gasteiger partial charge on any atom is 0.203 e. The first-order chi connectivity index (χ1) is 7.54. The van der Waals surface area contributed by atoms with Crippen LogP contribution in [-0.4, -0.2) is 21.7 Å². The number of hydrogen-bond donors (Lipinski definition) is 2. The molecule has 1 rings (SSSR count). The van der Waals surface area contributed by atoms with Crippen LogP contribution in [0.1, 0.15) is 6.92 Å². The van der Waals surface area contributed by atoms with Crippen LogP contribution in [0.3, 0.4) is 0 Å². The lowest BCUT2D eigenvalue weighted by atomic mass is 10.2. The van der Waals surface area contributed by atoms with Gasteiger partial charge in [-0.15, -0.1) is 10.2 Å². The molecule has 0 fully saturated rings. The third-order valence-corrected chi connectivity index (χ3v) is 3.42. The van der Waals surface area contributed by atoms with Gasteiger partial charge in [-0.1, -0.05) is 23.1 Å². The third-order valence-electron chi connectivity index (χ3n) is 1.53. The van der Waals surface area contributed by atoms with E-state index in [4.69, 9.17) is 16.7 Å². The molecule has 0 aliphatic rings. The highest BCUT2D eigenvalue weighted by atomic mass is 32.2. The molecule has 0 spiro atoms. The Hall–Kier alpha value is -1.59. The Kier molecular flexibility index (Phi) is 4.28. The molecule has 6 nitrogen and oxygen atoms in total. The molecular weight excluding hydrogens is 246 g/mol. The minimum Gasteiger partial charge on any atom is -0.401 e. The zero-order valence-corrected chi connectivity index (χ0v) is 10.1. The van der Waals surface area contributed by atoms with Crippen LogP contribution in [0.15, 0.2) is 15.6 Å². The number of nitriles is 1. The molecule has 1 heterocycles. The zero-order valence-electron chi connectivity index (χ0n) is 8.43. The number of carbonyl (C=O) groups is 1. The van der Waals surface area contributed by atoms with Gasteiger partial charge >= 0.3 is 0 Å². The van der Waals surface area contributed by atoms with Crippen molar-refractivity contribution in [1.82, 2.24) is 10.2 Å². The van der Waals surface area contributed by atoms with Gasteiger partial charge in [-0.25, -0.2) is 0 Å². The maximum atomic E-state index is 11.5. The van der Waals surface area contributed by atoms with Crippen molar-refractivity contribution in [3.63, 3.8) is 0 Å². The molecule has 0 atom stereocenters. The molecule has 0 unspecified atom stereocenters. The van der Waals surface area contributed by atoms with Crippen molar-refractivity contribution in [2.24, 2.45) is 5.73 Å². The molecule has 0 aliphatic carbocycles. The van der Waals surface area contributed by atoms with Crippen molar-refractivity contribution in [2.75, 3.05) is 11.5 Å². The minimum atomic E-state index is -0.318. The van der Waals surface area contributed by atoms with Gasteiger partial charge in [0.25, 0.3) is 0 Å². The summed E-state index contributed by atoms with van der Waals surface area (Å²) in [4.78, 5) is 11.5. The van der Waals surface area contributed by atoms with E-state index in [9.17, 15) is 4.79 Å². The number of rotatable bonds is 4. The van der Waals surface area contributed by atoms with Crippen molar-refractivity contribution in [3.8, 4) is 6.07 Å². The SMILES string of the molecule is C/C(N)=C(\C#N)C(=O)CSc1nnc(N)s1. The number of nitrogens with two attached hydrogens (primary N) is 2. The second-order valence-electron chi connectivity index (χ2n) is 2.79. The van der Waals surface area contributed by atoms with Crippen LogP contribution in [0, 0.1) is 11.3 Å². The number of carbonyl (C=O) groups excluding carboxylic acids is 1. The van der Waals surface area contributed by atoms with Crippen LogP contribution >= 0.6 is 23.1 Å². The molecule has 4 N–H and O–H groups in total. The molecule has 0 radical (unpaired) electrons. The van der Waals surface area contributed by atoms with Crippen molar-refractivity contribution in [1.29, 1.82) is 5.26 Å². The standard InChI is InChI=1S/C8H9N5OS2/c1-4(10)5(2-9)6(14)3-15-8-13-12-7(11)16-8/h3,10H2,1H3,(H2,11,12)/b5-4-. The van der Waals surface area contributed by atoms with Gasteiger partial charge in [0.2, 0.25) is 5.13 Å². The van der Waals surface area contributed by atoms with E-state index in [1.807, 2.05) is 0 Å². The van der Waals surface area contributed by atoms with E-state index >= 15 is 0 Å². The van der Waals surface area contributed by atoms with Crippen LogP contribution in [-0.2, 0) is 4.79 Å². The number of ketones is 1. The topological polar surface area (TPSA) is 119 Å². The summed E-state index contributed by atoms with van der Waals surface area (Å²) in [6.45, 7) is 1.52. The van der Waals surface area contributed by atoms with Crippen LogP contribution in [0.25, 0.3) is 0 Å². The monoisotopic (exact) mass is 255 g/mol. The molecule has 0 saturated heterocycles. The first-order valence-corrected chi connectivity index (χ1v) is 5.96. The lowest BCUT2D eigenvalue weighted by molar-refractivity contribution is -0.112. The number of Topliss-reactive ketones (excluding diaryl/α,β-unsaturated/α-hetero) is 1. The highest BCUT2D eigenvalue weighted by Crippen LogP contribution is 2.24. The molecule has 0 saturated carbocycles. The van der Waals surface area contributed by atoms with Crippen LogP contribution in [0.5, 0.6) is 0 Å². The second-order valence-corrected chi connectivity index (χ2v) is 5.02. The summed E-state index contributed by atoms with van der Waals surface area (Å²) in [6, 6.07) is 1.78. The molecule has 84 valence electrons. The van der Waals surface area contributed by atoms with E-state index in [0.717, 1.165) is 0 Å². The molecule has 0 amide bonds. The van der Waals surface area contributed by atoms with Crippen molar-refractivity contribution < 1.29 is 4.79 Å². The number of hydrogen-bond acceptors (Lipinski definition) is 8. The fraction of sp³-hybridized carbons (Fsp3) is 0.250. The number of anilines is 1. The van der Waals surface area contributed by atoms with E-state index in [2.05, 4.69) is 10.2 Å². The number of nitrogens with zero attached hydrogens (tertiary/aromatic N) is 3. The summed E-state index contributed by atoms with van der Waals surface area (Å²) in [6.07, 6.45) is 0. The smallest absolute Gasteiger partial charge is 0.203 e. The number of aromatic nitrogens is 2. The summed E-state index contributed by atoms with van der Waals surface area (Å²) in [5.74, 6) is -0.215. The van der Waals surface area contributed by atoms with Crippen molar-refractivity contribution in [3.05, 3.63) is 11.3 Å². The lowest BCUT2D eigenvalue weighted by Gasteiger charge is -1.98. The van der Waals surface area contributed by atoms with Crippen LogP contribution in [0.2, 0.25) is 0 Å². The Balaban J connectivity index is 2.61. The molecule has 8 heteroatoms. The Morgan fingerprint density at radius 1 is 1.62 bits per heavy atom. The first-order valence-electron chi connectivity index (χ1n) is 4.16. The van der Waals surface area contributed by atoms with E-state index in [0.29, 0.717) is 9.47 Å². The normalized spacial score (nSPS) is 11.8. The molecular formula is C8H9N5OS2. The zero-order chi connectivity index (χ0) is 12.1. The van der Waals surface area contributed by atoms with Gasteiger partial charge in [-0.3, -0.25) is 4.79 Å². The summed E-state index contributed by atoms with van der Waals surface area (Å²) < 4.78 is 0.595. The Bertz CT molecular complexity index is 469. The maximum absolute atomic E-state index is 11.5. The van der Waals surface area contributed by atoms with Gasteiger partial charge in [0.05, 0.1) is 5.75 Å². The van der Waals surface area contributed by atoms with E-state index in [1.54, 1.807) is 6.07 Å². The summed E-state index contributed by atoms with van der Waals surface area (Å²) in [5.41, 5.74) is 11.0. The highest BCUT2D eigenvalue weighted by Gasteiger charge is 2.13. The van der Waals surface area contributed by atoms with Gasteiger partial charge in [0.15, 0.2) is 10.1 Å². The molecule has 0 aromatic carbocycles. The van der Waals surface area contributed by atoms with Crippen LogP contribution in [0.4, 0.5) is 5.13 Å². The lowest BCUT2D eigenvalue weighted by Crippen LogP contribution is -2.10. The van der Waals surface area contributed by atoms with Gasteiger partial charge in [-0.2, -0.15) is 5.26 Å². The second kappa shape index (κ2) is 5.48. The molecule has 1 aromatic rings. The van der Waals surface area contributed by atoms with E-state index in [1.165, 1.54) is 30.0 Å². The first kappa shape index (κ1) is 12.5. The summed E-state index contributed by atoms with van der Waals surface area (Å²) >= 11 is 2.38. The Labute approximate surface area is 100 Å². The third kappa shape index (κ3) is 3.22. The van der Waals surface area contributed by atoms with Gasteiger partial charge in [0.1, 0.15) is 11.6 Å². The fourth-order valence-electron chi connectivity index (χ4n) is 0.849. The highest BCUT2D eigenvalue weighted by molar-refractivity contribution is 8.01. The van der Waals surface area contributed by atoms with Crippen molar-refractivity contribution in [2.45, 2.75) is 11.3 Å². The van der Waals surface area contributed by atoms with Gasteiger partial charge in [0, 0.05) is 5.70 Å². The summed E-state index contributed by atoms with van der Waals surface area (Å²) in [7, 11) is 0. The van der Waals surface area contributed by atoms with Gasteiger partial charge < -0.3 is 11.5 Å². The predicted molar refractivity (Wildman–Crippen MR) is 62.6 cm³/mol. The van der Waals surface area contributed by atoms with Crippen molar-refractivity contribution >= 4 is 34.0 Å². The van der Waals surface area contributed by atoms with E-state index < -0.39 is 0 Å². The molecule has 0 bridgehead atoms. The quantitative estimate of drug-likeness (QED) is 0.457. The minimum absolute atomic E-state index is 0.00927. The van der Waals surface area contributed by atoms with E-state index in [-0.39, 0.29) is 22.8 Å². The van der Waals surface area contributed by atoms with Gasteiger partial charge in [-0.05, 0) is 6.92 Å². The predicted octanol–water partition coefficient (Wildman–Crippen LogP) is 0.538. The fourth-order valence-corrected chi connectivity index (χ4v) is 2.36. The molecule has 1 aromatic heterocycles. The summed E-state index contributed by atoms with van der Waals surface area (Å²) in [5, 5.41) is 16.4. The number of nitrogen functional groups attached to an aromatic ring is 1. The number of allylic oxidation sites excluding steroid dienone is 2. The largest absolute Gasteiger partial charge is 0.401 e. The number of thioether (sulfide) groups is 1. The average Bonchev–Trinajstić information content (AvgIpc) is 2.62.